The second-order valence-corrected chi connectivity index (χ2v) is 8.76. The van der Waals surface area contributed by atoms with Crippen molar-refractivity contribution in [3.8, 4) is 0 Å². The Kier molecular flexibility index (Phi) is 6.81. The number of carbonyl (C=O) groups excluding carboxylic acids is 3. The van der Waals surface area contributed by atoms with Gasteiger partial charge in [-0.15, -0.1) is 23.1 Å². The van der Waals surface area contributed by atoms with E-state index in [0.717, 1.165) is 11.3 Å². The molecule has 2 aliphatic heterocycles. The summed E-state index contributed by atoms with van der Waals surface area (Å²) in [7, 11) is 0. The van der Waals surface area contributed by atoms with Gasteiger partial charge in [-0.05, 0) is 5.57 Å². The summed E-state index contributed by atoms with van der Waals surface area (Å²) in [5, 5.41) is 16.7. The zero-order valence-corrected chi connectivity index (χ0v) is 18.8. The second-order valence-electron chi connectivity index (χ2n) is 6.00. The fourth-order valence-corrected chi connectivity index (χ4v) is 5.65. The van der Waals surface area contributed by atoms with Gasteiger partial charge in [-0.2, -0.15) is 0 Å². The van der Waals surface area contributed by atoms with E-state index in [1.165, 1.54) is 22.0 Å². The van der Waals surface area contributed by atoms with E-state index in [1.54, 1.807) is 0 Å². The van der Waals surface area contributed by atoms with Crippen molar-refractivity contribution in [2.45, 2.75) is 11.4 Å². The van der Waals surface area contributed by atoms with Crippen molar-refractivity contribution in [1.82, 2.24) is 15.2 Å². The number of thiazole rings is 1. The molecule has 30 heavy (non-hydrogen) atoms. The lowest BCUT2D eigenvalue weighted by Gasteiger charge is -2.49. The van der Waals surface area contributed by atoms with Gasteiger partial charge >= 0.3 is 5.97 Å². The lowest BCUT2D eigenvalue weighted by atomic mass is 10.0. The third kappa shape index (κ3) is 4.36. The number of thioether (sulfide) groups is 1. The zero-order valence-electron chi connectivity index (χ0n) is 15.0. The van der Waals surface area contributed by atoms with Crippen LogP contribution in [0.1, 0.15) is 5.69 Å². The van der Waals surface area contributed by atoms with Crippen LogP contribution in [0.25, 0.3) is 0 Å². The van der Waals surface area contributed by atoms with Crippen molar-refractivity contribution in [3.63, 3.8) is 0 Å². The van der Waals surface area contributed by atoms with Crippen LogP contribution in [0.2, 0.25) is 0 Å². The first kappa shape index (κ1) is 22.3. The molecule has 2 aliphatic rings. The molecule has 0 saturated carbocycles. The van der Waals surface area contributed by atoms with Gasteiger partial charge < -0.3 is 26.7 Å². The number of hydrogen-bond donors (Lipinski definition) is 4. The number of oxime groups is 1. The van der Waals surface area contributed by atoms with Crippen molar-refractivity contribution in [2.75, 3.05) is 22.5 Å². The molecule has 3 rings (SSSR count). The van der Waals surface area contributed by atoms with Crippen LogP contribution in [0.3, 0.4) is 0 Å². The highest BCUT2D eigenvalue weighted by Gasteiger charge is 2.54. The van der Waals surface area contributed by atoms with Gasteiger partial charge in [-0.1, -0.05) is 27.7 Å². The Morgan fingerprint density at radius 1 is 1.47 bits per heavy atom. The number of alkyl halides is 1. The first-order chi connectivity index (χ1) is 14.2. The van der Waals surface area contributed by atoms with Crippen LogP contribution in [0.4, 0.5) is 5.13 Å². The number of carboxylic acid groups (broad SMARTS) is 1. The third-order valence-electron chi connectivity index (χ3n) is 4.04. The minimum atomic E-state index is -1.19. The minimum Gasteiger partial charge on any atom is -0.477 e. The molecule has 0 aliphatic carbocycles. The number of nitrogens with two attached hydrogens (primary N) is 2. The summed E-state index contributed by atoms with van der Waals surface area (Å²) in [6.45, 7) is -0.559. The lowest BCUT2D eigenvalue weighted by Crippen LogP contribution is -2.71. The Labute approximate surface area is 191 Å². The fraction of sp³-hybridized carbons (Fsp3) is 0.333. The third-order valence-corrected chi connectivity index (χ3v) is 6.97. The number of fused-ring (bicyclic) bond motifs is 1. The highest BCUT2D eigenvalue weighted by molar-refractivity contribution is 14.1. The summed E-state index contributed by atoms with van der Waals surface area (Å²) in [5.41, 5.74) is 11.0. The average molecular weight is 566 g/mol. The van der Waals surface area contributed by atoms with Gasteiger partial charge in [0.15, 0.2) is 17.5 Å². The predicted octanol–water partition coefficient (Wildman–Crippen LogP) is -0.895. The number of aromatic nitrogens is 1. The summed E-state index contributed by atoms with van der Waals surface area (Å²) in [4.78, 5) is 57.7. The number of nitrogen functional groups attached to an aromatic ring is 1. The van der Waals surface area contributed by atoms with E-state index in [1.807, 2.05) is 22.6 Å². The van der Waals surface area contributed by atoms with E-state index in [9.17, 15) is 24.3 Å². The lowest BCUT2D eigenvalue weighted by molar-refractivity contribution is -0.150. The van der Waals surface area contributed by atoms with Crippen molar-refractivity contribution >= 4 is 80.2 Å². The molecule has 1 fully saturated rings. The summed E-state index contributed by atoms with van der Waals surface area (Å²) in [5.74, 6) is -2.89. The van der Waals surface area contributed by atoms with Gasteiger partial charge in [0.05, 0.1) is 0 Å². The predicted molar refractivity (Wildman–Crippen MR) is 117 cm³/mol. The Hall–Kier alpha value is -2.40. The zero-order chi connectivity index (χ0) is 22.0. The molecule has 3 amide bonds. The van der Waals surface area contributed by atoms with Gasteiger partial charge in [-0.3, -0.25) is 19.3 Å². The summed E-state index contributed by atoms with van der Waals surface area (Å²) in [6, 6.07) is -0.954. The Bertz CT molecular complexity index is 979. The molecular formula is C15H15IN6O6S2. The van der Waals surface area contributed by atoms with E-state index in [4.69, 9.17) is 16.3 Å². The van der Waals surface area contributed by atoms with Crippen LogP contribution in [0.15, 0.2) is 21.8 Å². The summed E-state index contributed by atoms with van der Waals surface area (Å²) < 4.78 is 0.471. The largest absolute Gasteiger partial charge is 0.477 e. The monoisotopic (exact) mass is 566 g/mol. The molecule has 0 bridgehead atoms. The van der Waals surface area contributed by atoms with Gasteiger partial charge in [0, 0.05) is 15.6 Å². The average Bonchev–Trinajstić information content (AvgIpc) is 3.13. The molecule has 1 aromatic heterocycles. The summed E-state index contributed by atoms with van der Waals surface area (Å²) >= 11 is 4.46. The molecule has 1 saturated heterocycles. The van der Waals surface area contributed by atoms with Crippen molar-refractivity contribution in [2.24, 2.45) is 10.9 Å². The van der Waals surface area contributed by atoms with Crippen molar-refractivity contribution in [1.29, 1.82) is 0 Å². The molecule has 15 heteroatoms. The fourth-order valence-electron chi connectivity index (χ4n) is 2.76. The Morgan fingerprint density at radius 3 is 2.77 bits per heavy atom. The maximum atomic E-state index is 12.8. The molecule has 2 atom stereocenters. The van der Waals surface area contributed by atoms with Crippen LogP contribution in [-0.4, -0.2) is 72.6 Å². The maximum absolute atomic E-state index is 12.8. The number of amides is 3. The summed E-state index contributed by atoms with van der Waals surface area (Å²) in [6.07, 6.45) is 0. The van der Waals surface area contributed by atoms with Gasteiger partial charge in [0.25, 0.3) is 17.7 Å². The van der Waals surface area contributed by atoms with Gasteiger partial charge in [0.2, 0.25) is 0 Å². The molecule has 6 N–H and O–H groups in total. The van der Waals surface area contributed by atoms with E-state index in [2.05, 4.69) is 15.5 Å². The number of rotatable bonds is 8. The molecular weight excluding hydrogens is 551 g/mol. The van der Waals surface area contributed by atoms with Crippen LogP contribution in [-0.2, 0) is 24.0 Å². The topological polar surface area (TPSA) is 190 Å². The number of carboxylic acids is 1. The number of aliphatic carboxylic acids is 1. The van der Waals surface area contributed by atoms with Crippen LogP contribution < -0.4 is 16.8 Å². The number of primary amides is 1. The highest BCUT2D eigenvalue weighted by Crippen LogP contribution is 2.40. The van der Waals surface area contributed by atoms with Crippen LogP contribution in [0, 0.1) is 0 Å². The van der Waals surface area contributed by atoms with E-state index >= 15 is 0 Å². The quantitative estimate of drug-likeness (QED) is 0.102. The number of hydrogen-bond acceptors (Lipinski definition) is 10. The molecule has 0 unspecified atom stereocenters. The second kappa shape index (κ2) is 9.17. The normalized spacial score (nSPS) is 21.0. The van der Waals surface area contributed by atoms with Crippen molar-refractivity contribution in [3.05, 3.63) is 22.3 Å². The first-order valence-corrected chi connectivity index (χ1v) is 11.7. The number of anilines is 1. The van der Waals surface area contributed by atoms with Crippen molar-refractivity contribution < 1.29 is 29.1 Å². The number of nitrogens with one attached hydrogen (secondary N) is 1. The molecule has 0 spiro atoms. The molecule has 12 nitrogen and oxygen atoms in total. The molecule has 3 heterocycles. The molecule has 160 valence electrons. The smallest absolute Gasteiger partial charge is 0.352 e. The number of β-lactam (4-membered cyclic amide) rings is 1. The number of carbonyl (C=O) groups is 4. The highest BCUT2D eigenvalue weighted by atomic mass is 127. The number of nitrogens with zero attached hydrogens (tertiary/aromatic N) is 3. The van der Waals surface area contributed by atoms with Crippen LogP contribution >= 0.6 is 45.7 Å². The molecule has 0 aromatic carbocycles. The van der Waals surface area contributed by atoms with E-state index < -0.39 is 41.7 Å². The number of halogens is 1. The molecule has 1 aromatic rings. The SMILES string of the molecule is NC(=O)CON=C(C(=O)N[C@@H]1C(=O)N2C(C(=O)O)=C(CI)CS[C@@H]12)c1csc(N)n1. The first-order valence-electron chi connectivity index (χ1n) is 8.21. The van der Waals surface area contributed by atoms with Gasteiger partial charge in [-0.25, -0.2) is 9.78 Å². The van der Waals surface area contributed by atoms with E-state index in [0.29, 0.717) is 15.8 Å². The Balaban J connectivity index is 1.79. The minimum absolute atomic E-state index is 0.0467. The Morgan fingerprint density at radius 2 is 2.20 bits per heavy atom. The van der Waals surface area contributed by atoms with Crippen LogP contribution in [0.5, 0.6) is 0 Å². The standard InChI is InChI=1S/C15H15IN6O6S2/c16-1-5-3-29-13-9(12(25)22(13)10(5)14(26)27)20-11(24)8(21-28-2-7(17)23)6-4-30-15(18)19-6/h4,9,13H,1-3H2,(H2,17,23)(H2,18,19)(H,20,24)(H,26,27)/t9-,13+/m1/s1. The van der Waals surface area contributed by atoms with E-state index in [-0.39, 0.29) is 22.2 Å². The molecule has 0 radical (unpaired) electrons. The maximum Gasteiger partial charge on any atom is 0.352 e. The van der Waals surface area contributed by atoms with Gasteiger partial charge in [0.1, 0.15) is 22.8 Å².